The fourth-order valence-corrected chi connectivity index (χ4v) is 6.15. The molecule has 2 aromatic rings. The summed E-state index contributed by atoms with van der Waals surface area (Å²) < 4.78 is 2.33. The lowest BCUT2D eigenvalue weighted by Crippen LogP contribution is -2.76. The number of hydrogen-bond donors (Lipinski definition) is 2. The van der Waals surface area contributed by atoms with Gasteiger partial charge in [0.1, 0.15) is 11.7 Å². The summed E-state index contributed by atoms with van der Waals surface area (Å²) in [6, 6.07) is 17.3. The highest BCUT2D eigenvalue weighted by Gasteiger charge is 2.45. The van der Waals surface area contributed by atoms with Gasteiger partial charge in [-0.15, -0.1) is 5.46 Å². The Morgan fingerprint density at radius 3 is 1.68 bits per heavy atom. The van der Waals surface area contributed by atoms with Crippen LogP contribution >= 0.6 is 0 Å². The minimum Gasteiger partial charge on any atom is -0.408 e. The molecule has 0 bridgehead atoms. The van der Waals surface area contributed by atoms with Crippen LogP contribution in [0.3, 0.4) is 0 Å². The lowest BCUT2D eigenvalue weighted by Gasteiger charge is -2.45. The van der Waals surface area contributed by atoms with Crippen molar-refractivity contribution in [3.63, 3.8) is 0 Å². The van der Waals surface area contributed by atoms with Crippen molar-refractivity contribution in [2.75, 3.05) is 10.6 Å². The van der Waals surface area contributed by atoms with Crippen LogP contribution in [0.25, 0.3) is 0 Å². The molecule has 0 saturated heterocycles. The summed E-state index contributed by atoms with van der Waals surface area (Å²) in [5.74, 6) is 5.53. The first kappa shape index (κ1) is 19.1. The molecule has 2 aliphatic heterocycles. The van der Waals surface area contributed by atoms with Gasteiger partial charge in [0.15, 0.2) is 11.6 Å². The first-order valence-corrected chi connectivity index (χ1v) is 12.3. The van der Waals surface area contributed by atoms with Crippen molar-refractivity contribution < 1.29 is 4.48 Å². The smallest absolute Gasteiger partial charge is 0.408 e. The normalized spacial score (nSPS) is 23.1. The van der Waals surface area contributed by atoms with Gasteiger partial charge in [0.05, 0.1) is 0 Å². The number of aromatic nitrogens is 1. The Morgan fingerprint density at radius 1 is 0.645 bits per heavy atom. The SMILES string of the molecule is c1ccc([B-]23N=C(C4CCCCC4)Nc4cccc([n+]42)NC(C2CCCCC2)=N3)cc1. The second-order valence-corrected chi connectivity index (χ2v) is 9.76. The summed E-state index contributed by atoms with van der Waals surface area (Å²) in [7, 11) is 0. The standard InChI is InChI=1S/C25H32BN5/c1-4-11-19(12-5-1)24-27-22-17-10-18-23-28-25(20-13-6-2-7-14-20)30-26(29-24,31(22)23)21-15-8-3-9-16-21/h3,8-10,15-20H,1-2,4-7,11-14H2,(H,27,29)(H,28,30). The zero-order valence-corrected chi connectivity index (χ0v) is 18.3. The van der Waals surface area contributed by atoms with Crippen molar-refractivity contribution in [3.8, 4) is 0 Å². The van der Waals surface area contributed by atoms with E-state index in [1.807, 2.05) is 0 Å². The molecule has 0 radical (unpaired) electrons. The van der Waals surface area contributed by atoms with Crippen molar-refractivity contribution in [1.29, 1.82) is 0 Å². The van der Waals surface area contributed by atoms with Gasteiger partial charge in [-0.2, -0.15) is 0 Å². The Balaban J connectivity index is 1.55. The minimum atomic E-state index is -1.65. The molecule has 2 N–H and O–H groups in total. The lowest BCUT2D eigenvalue weighted by molar-refractivity contribution is -0.515. The third-order valence-electron chi connectivity index (χ3n) is 7.77. The van der Waals surface area contributed by atoms with Crippen LogP contribution in [-0.4, -0.2) is 18.2 Å². The quantitative estimate of drug-likeness (QED) is 0.730. The van der Waals surface area contributed by atoms with Crippen molar-refractivity contribution >= 4 is 35.3 Å². The summed E-state index contributed by atoms with van der Waals surface area (Å²) in [6.45, 7) is -1.65. The molecule has 3 heterocycles. The number of amidine groups is 2. The molecule has 0 atom stereocenters. The summed E-state index contributed by atoms with van der Waals surface area (Å²) >= 11 is 0. The summed E-state index contributed by atoms with van der Waals surface area (Å²) in [4.78, 5) is 11.1. The van der Waals surface area contributed by atoms with Crippen LogP contribution in [0, 0.1) is 11.8 Å². The van der Waals surface area contributed by atoms with E-state index in [0.717, 1.165) is 23.3 Å². The van der Waals surface area contributed by atoms with Gasteiger partial charge in [-0.3, -0.25) is 10.6 Å². The van der Waals surface area contributed by atoms with E-state index in [9.17, 15) is 0 Å². The Kier molecular flexibility index (Phi) is 4.81. The highest BCUT2D eigenvalue weighted by atomic mass is 15.3. The first-order valence-electron chi connectivity index (χ1n) is 12.3. The molecule has 2 aliphatic carbocycles. The molecule has 2 fully saturated rings. The third-order valence-corrected chi connectivity index (χ3v) is 7.77. The van der Waals surface area contributed by atoms with Gasteiger partial charge < -0.3 is 14.3 Å². The van der Waals surface area contributed by atoms with Crippen LogP contribution < -0.4 is 20.6 Å². The molecule has 1 aromatic carbocycles. The Hall–Kier alpha value is -2.63. The molecule has 0 amide bonds. The monoisotopic (exact) mass is 413 g/mol. The fourth-order valence-electron chi connectivity index (χ4n) is 6.15. The maximum Gasteiger partial charge on any atom is 0.418 e. The van der Waals surface area contributed by atoms with Crippen LogP contribution in [0.2, 0.25) is 0 Å². The van der Waals surface area contributed by atoms with E-state index in [-0.39, 0.29) is 0 Å². The van der Waals surface area contributed by atoms with Crippen LogP contribution in [0.1, 0.15) is 64.2 Å². The zero-order valence-electron chi connectivity index (χ0n) is 18.3. The van der Waals surface area contributed by atoms with E-state index in [1.165, 1.54) is 69.7 Å². The molecular formula is C25H32BN5. The average Bonchev–Trinajstić information content (AvgIpc) is 2.85. The summed E-state index contributed by atoms with van der Waals surface area (Å²) in [6.07, 6.45) is 12.8. The fraction of sp³-hybridized carbons (Fsp3) is 0.480. The number of nitrogens with zero attached hydrogens (tertiary/aromatic N) is 3. The molecule has 4 aliphatic rings. The second kappa shape index (κ2) is 7.81. The van der Waals surface area contributed by atoms with Crippen molar-refractivity contribution in [3.05, 3.63) is 48.5 Å². The minimum absolute atomic E-state index is 0.511. The molecule has 0 spiro atoms. The largest absolute Gasteiger partial charge is 0.418 e. The van der Waals surface area contributed by atoms with Crippen LogP contribution in [0.5, 0.6) is 0 Å². The van der Waals surface area contributed by atoms with Crippen molar-refractivity contribution in [1.82, 2.24) is 0 Å². The Morgan fingerprint density at radius 2 is 1.16 bits per heavy atom. The van der Waals surface area contributed by atoms with Gasteiger partial charge >= 0.3 is 6.55 Å². The average molecular weight is 413 g/mol. The first-order chi connectivity index (χ1) is 15.3. The molecular weight excluding hydrogens is 381 g/mol. The predicted octanol–water partition coefficient (Wildman–Crippen LogP) is 4.48. The molecule has 2 saturated carbocycles. The molecule has 0 unspecified atom stereocenters. The molecule has 6 heteroatoms. The van der Waals surface area contributed by atoms with Crippen LogP contribution in [0.15, 0.2) is 58.3 Å². The third kappa shape index (κ3) is 3.27. The maximum atomic E-state index is 5.53. The predicted molar refractivity (Wildman–Crippen MR) is 129 cm³/mol. The van der Waals surface area contributed by atoms with Crippen LogP contribution in [0.4, 0.5) is 11.6 Å². The topological polar surface area (TPSA) is 52.7 Å². The zero-order chi connectivity index (χ0) is 20.7. The van der Waals surface area contributed by atoms with Gasteiger partial charge in [-0.25, -0.2) is 0 Å². The molecule has 1 aromatic heterocycles. The van der Waals surface area contributed by atoms with Crippen molar-refractivity contribution in [2.45, 2.75) is 64.2 Å². The van der Waals surface area contributed by atoms with Gasteiger partial charge in [-0.05, 0) is 31.7 Å². The number of nitrogens with one attached hydrogen (secondary N) is 2. The van der Waals surface area contributed by atoms with E-state index in [2.05, 4.69) is 63.6 Å². The molecule has 160 valence electrons. The number of hydrogen-bond acceptors (Lipinski definition) is 4. The van der Waals surface area contributed by atoms with E-state index in [4.69, 9.17) is 9.81 Å². The van der Waals surface area contributed by atoms with Crippen LogP contribution in [-0.2, 0) is 0 Å². The Labute approximate surface area is 185 Å². The van der Waals surface area contributed by atoms with E-state index < -0.39 is 6.55 Å². The Bertz CT molecular complexity index is 963. The molecule has 6 rings (SSSR count). The summed E-state index contributed by atoms with van der Waals surface area (Å²) in [5.41, 5.74) is 1.20. The lowest BCUT2D eigenvalue weighted by atomic mass is 9.52. The highest BCUT2D eigenvalue weighted by Crippen LogP contribution is 2.32. The molecule has 31 heavy (non-hydrogen) atoms. The number of benzene rings is 1. The maximum absolute atomic E-state index is 5.53. The van der Waals surface area contributed by atoms with Gasteiger partial charge in [-0.1, -0.05) is 68.9 Å². The highest BCUT2D eigenvalue weighted by molar-refractivity contribution is 6.84. The van der Waals surface area contributed by atoms with Crippen molar-refractivity contribution in [2.24, 2.45) is 21.6 Å². The van der Waals surface area contributed by atoms with E-state index >= 15 is 0 Å². The van der Waals surface area contributed by atoms with Gasteiger partial charge in [0.25, 0.3) is 0 Å². The number of rotatable bonds is 3. The van der Waals surface area contributed by atoms with Gasteiger partial charge in [0, 0.05) is 24.0 Å². The van der Waals surface area contributed by atoms with Gasteiger partial charge in [0.2, 0.25) is 0 Å². The molecule has 5 nitrogen and oxygen atoms in total. The van der Waals surface area contributed by atoms with E-state index in [1.54, 1.807) is 0 Å². The van der Waals surface area contributed by atoms with E-state index in [0.29, 0.717) is 11.8 Å². The number of pyridine rings is 1. The summed E-state index contributed by atoms with van der Waals surface area (Å²) in [5, 5.41) is 7.43. The number of anilines is 2. The second-order valence-electron chi connectivity index (χ2n) is 9.76.